The van der Waals surface area contributed by atoms with Gasteiger partial charge in [-0.1, -0.05) is 20.8 Å². The molecule has 2 bridgehead atoms. The summed E-state index contributed by atoms with van der Waals surface area (Å²) in [4.78, 5) is 0. The van der Waals surface area contributed by atoms with E-state index < -0.39 is 0 Å². The van der Waals surface area contributed by atoms with Gasteiger partial charge in [0.2, 0.25) is 0 Å². The van der Waals surface area contributed by atoms with Crippen molar-refractivity contribution >= 4 is 0 Å². The molecule has 0 spiro atoms. The van der Waals surface area contributed by atoms with Crippen LogP contribution in [-0.2, 0) is 0 Å². The predicted molar refractivity (Wildman–Crippen MR) is 45.2 cm³/mol. The Bertz CT molecular complexity index is 174. The molecule has 0 unspecified atom stereocenters. The summed E-state index contributed by atoms with van der Waals surface area (Å²) in [6.45, 7) is 6.79. The average molecular weight is 154 g/mol. The van der Waals surface area contributed by atoms with Gasteiger partial charge in [0.1, 0.15) is 0 Å². The molecule has 11 heavy (non-hydrogen) atoms. The Morgan fingerprint density at radius 3 is 2.27 bits per heavy atom. The van der Waals surface area contributed by atoms with Crippen molar-refractivity contribution in [3.05, 3.63) is 0 Å². The molecule has 0 aromatic rings. The van der Waals surface area contributed by atoms with Crippen LogP contribution in [0.25, 0.3) is 0 Å². The monoisotopic (exact) mass is 154 g/mol. The Hall–Kier alpha value is -0.0400. The first-order valence-corrected chi connectivity index (χ1v) is 4.71. The van der Waals surface area contributed by atoms with Crippen LogP contribution in [0.15, 0.2) is 0 Å². The summed E-state index contributed by atoms with van der Waals surface area (Å²) >= 11 is 0. The number of hydrogen-bond acceptors (Lipinski definition) is 1. The van der Waals surface area contributed by atoms with E-state index in [4.69, 9.17) is 0 Å². The second-order valence-electron chi connectivity index (χ2n) is 5.06. The van der Waals surface area contributed by atoms with Crippen LogP contribution < -0.4 is 0 Å². The van der Waals surface area contributed by atoms with Crippen LogP contribution in [0.1, 0.15) is 33.6 Å². The number of aliphatic hydroxyl groups is 1. The van der Waals surface area contributed by atoms with E-state index in [-0.39, 0.29) is 6.10 Å². The van der Waals surface area contributed by atoms with Crippen molar-refractivity contribution in [3.8, 4) is 0 Å². The maximum atomic E-state index is 9.82. The Balaban J connectivity index is 2.17. The molecule has 4 atom stereocenters. The lowest BCUT2D eigenvalue weighted by molar-refractivity contribution is -0.165. The van der Waals surface area contributed by atoms with Gasteiger partial charge in [0.05, 0.1) is 6.10 Å². The van der Waals surface area contributed by atoms with E-state index in [1.165, 1.54) is 12.8 Å². The number of fused-ring (bicyclic) bond motifs is 2. The van der Waals surface area contributed by atoms with Crippen LogP contribution in [0.5, 0.6) is 0 Å². The molecule has 3 fully saturated rings. The first kappa shape index (κ1) is 7.60. The molecule has 0 amide bonds. The first-order chi connectivity index (χ1) is 5.03. The highest BCUT2D eigenvalue weighted by atomic mass is 16.3. The summed E-state index contributed by atoms with van der Waals surface area (Å²) in [6.07, 6.45) is 2.50. The minimum absolute atomic E-state index is 0.0185. The maximum absolute atomic E-state index is 9.82. The molecular formula is C10H18O. The van der Waals surface area contributed by atoms with Gasteiger partial charge in [-0.15, -0.1) is 0 Å². The Kier molecular flexibility index (Phi) is 1.39. The molecule has 0 heterocycles. The Labute approximate surface area is 68.8 Å². The van der Waals surface area contributed by atoms with Crippen LogP contribution in [0.4, 0.5) is 0 Å². The lowest BCUT2D eigenvalue weighted by Gasteiger charge is -2.60. The molecule has 0 saturated heterocycles. The van der Waals surface area contributed by atoms with Crippen LogP contribution in [-0.4, -0.2) is 11.2 Å². The van der Waals surface area contributed by atoms with Gasteiger partial charge in [-0.3, -0.25) is 0 Å². The molecule has 1 N–H and O–H groups in total. The van der Waals surface area contributed by atoms with Crippen molar-refractivity contribution in [1.82, 2.24) is 0 Å². The highest BCUT2D eigenvalue weighted by Crippen LogP contribution is 2.60. The molecule has 3 aliphatic rings. The van der Waals surface area contributed by atoms with Gasteiger partial charge in [-0.05, 0) is 36.0 Å². The third-order valence-corrected chi connectivity index (χ3v) is 4.20. The van der Waals surface area contributed by atoms with Gasteiger partial charge in [0.25, 0.3) is 0 Å². The van der Waals surface area contributed by atoms with E-state index in [9.17, 15) is 5.11 Å². The standard InChI is InChI=1S/C10H18O/c1-6-4-7-5-8(9(6)11)10(7,2)3/h6-9,11H,4-5H2,1-3H3/t6-,7-,8-,9+/m0/s1. The highest BCUT2D eigenvalue weighted by Gasteiger charge is 2.56. The zero-order valence-electron chi connectivity index (χ0n) is 7.67. The molecule has 0 aromatic heterocycles. The van der Waals surface area contributed by atoms with Crippen LogP contribution in [0.2, 0.25) is 0 Å². The molecular weight excluding hydrogens is 136 g/mol. The van der Waals surface area contributed by atoms with E-state index in [0.717, 1.165) is 5.92 Å². The quantitative estimate of drug-likeness (QED) is 0.566. The van der Waals surface area contributed by atoms with E-state index in [2.05, 4.69) is 20.8 Å². The zero-order chi connectivity index (χ0) is 8.22. The summed E-state index contributed by atoms with van der Waals surface area (Å²) in [6, 6.07) is 0. The molecule has 64 valence electrons. The Morgan fingerprint density at radius 2 is 1.91 bits per heavy atom. The molecule has 1 heteroatoms. The largest absolute Gasteiger partial charge is 0.393 e. The average Bonchev–Trinajstić information content (AvgIpc) is 1.93. The number of aliphatic hydroxyl groups excluding tert-OH is 1. The topological polar surface area (TPSA) is 20.2 Å². The van der Waals surface area contributed by atoms with Crippen LogP contribution in [0, 0.1) is 23.2 Å². The van der Waals surface area contributed by atoms with E-state index in [1.54, 1.807) is 0 Å². The summed E-state index contributed by atoms with van der Waals surface area (Å²) < 4.78 is 0. The van der Waals surface area contributed by atoms with Gasteiger partial charge in [0, 0.05) is 0 Å². The fourth-order valence-corrected chi connectivity index (χ4v) is 3.02. The number of hydrogen-bond donors (Lipinski definition) is 1. The molecule has 0 aliphatic heterocycles. The van der Waals surface area contributed by atoms with Gasteiger partial charge < -0.3 is 5.11 Å². The van der Waals surface area contributed by atoms with E-state index in [0.29, 0.717) is 17.3 Å². The molecule has 3 rings (SSSR count). The van der Waals surface area contributed by atoms with Gasteiger partial charge in [-0.25, -0.2) is 0 Å². The maximum Gasteiger partial charge on any atom is 0.0599 e. The third-order valence-electron chi connectivity index (χ3n) is 4.20. The molecule has 3 aliphatic carbocycles. The summed E-state index contributed by atoms with van der Waals surface area (Å²) in [5.41, 5.74) is 0.436. The van der Waals surface area contributed by atoms with Gasteiger partial charge in [0.15, 0.2) is 0 Å². The molecule has 0 aromatic carbocycles. The summed E-state index contributed by atoms with van der Waals surface area (Å²) in [7, 11) is 0. The van der Waals surface area contributed by atoms with Crippen LogP contribution in [0.3, 0.4) is 0 Å². The third kappa shape index (κ3) is 0.807. The van der Waals surface area contributed by atoms with Crippen molar-refractivity contribution < 1.29 is 5.11 Å². The minimum Gasteiger partial charge on any atom is -0.393 e. The molecule has 3 saturated carbocycles. The SMILES string of the molecule is C[C@H]1C[C@H]2C[C@@H]([C@@H]1O)C2(C)C. The predicted octanol–water partition coefficient (Wildman–Crippen LogP) is 2.05. The summed E-state index contributed by atoms with van der Waals surface area (Å²) in [5.74, 6) is 2.04. The zero-order valence-corrected chi connectivity index (χ0v) is 7.67. The highest BCUT2D eigenvalue weighted by molar-refractivity contribution is 5.05. The fourth-order valence-electron chi connectivity index (χ4n) is 3.02. The lowest BCUT2D eigenvalue weighted by atomic mass is 9.46. The first-order valence-electron chi connectivity index (χ1n) is 4.71. The van der Waals surface area contributed by atoms with Gasteiger partial charge >= 0.3 is 0 Å². The van der Waals surface area contributed by atoms with E-state index in [1.807, 2.05) is 0 Å². The fraction of sp³-hybridized carbons (Fsp3) is 1.00. The smallest absolute Gasteiger partial charge is 0.0599 e. The van der Waals surface area contributed by atoms with Gasteiger partial charge in [-0.2, -0.15) is 0 Å². The number of rotatable bonds is 0. The van der Waals surface area contributed by atoms with E-state index >= 15 is 0 Å². The van der Waals surface area contributed by atoms with Crippen molar-refractivity contribution in [1.29, 1.82) is 0 Å². The second kappa shape index (κ2) is 2.01. The normalized spacial score (nSPS) is 53.5. The van der Waals surface area contributed by atoms with Crippen molar-refractivity contribution in [2.45, 2.75) is 39.7 Å². The van der Waals surface area contributed by atoms with Crippen molar-refractivity contribution in [2.24, 2.45) is 23.2 Å². The van der Waals surface area contributed by atoms with Crippen molar-refractivity contribution in [3.63, 3.8) is 0 Å². The van der Waals surface area contributed by atoms with Crippen LogP contribution >= 0.6 is 0 Å². The Morgan fingerprint density at radius 1 is 1.27 bits per heavy atom. The summed E-state index contributed by atoms with van der Waals surface area (Å²) in [5, 5.41) is 9.82. The molecule has 0 radical (unpaired) electrons. The second-order valence-corrected chi connectivity index (χ2v) is 5.06. The lowest BCUT2D eigenvalue weighted by Crippen LogP contribution is -2.57. The minimum atomic E-state index is -0.0185. The van der Waals surface area contributed by atoms with Crippen molar-refractivity contribution in [2.75, 3.05) is 0 Å². The molecule has 1 nitrogen and oxygen atoms in total.